The van der Waals surface area contributed by atoms with Crippen molar-refractivity contribution < 1.29 is 17.9 Å². The zero-order chi connectivity index (χ0) is 27.1. The molecule has 2 aromatic carbocycles. The van der Waals surface area contributed by atoms with Crippen molar-refractivity contribution in [3.63, 3.8) is 0 Å². The minimum atomic E-state index is -3.51. The average molecular weight is 546 g/mol. The quantitative estimate of drug-likeness (QED) is 0.317. The van der Waals surface area contributed by atoms with Crippen molar-refractivity contribution in [2.45, 2.75) is 71.1 Å². The normalized spacial score (nSPS) is 15.0. The van der Waals surface area contributed by atoms with E-state index in [4.69, 9.17) is 17.0 Å². The fraction of sp³-hybridized carbons (Fsp3) is 0.500. The number of sulfonamides is 1. The summed E-state index contributed by atoms with van der Waals surface area (Å²) >= 11 is 5.34. The van der Waals surface area contributed by atoms with E-state index in [1.165, 1.54) is 0 Å². The van der Waals surface area contributed by atoms with Crippen LogP contribution in [0, 0.1) is 19.3 Å². The van der Waals surface area contributed by atoms with Gasteiger partial charge in [-0.05, 0) is 93.2 Å². The van der Waals surface area contributed by atoms with E-state index in [1.807, 2.05) is 39.8 Å². The van der Waals surface area contributed by atoms with E-state index in [0.29, 0.717) is 31.8 Å². The van der Waals surface area contributed by atoms with Gasteiger partial charge in [-0.3, -0.25) is 4.79 Å². The van der Waals surface area contributed by atoms with E-state index in [0.717, 1.165) is 49.0 Å². The summed E-state index contributed by atoms with van der Waals surface area (Å²) in [6.45, 7) is 9.46. The minimum absolute atomic E-state index is 0.174. The summed E-state index contributed by atoms with van der Waals surface area (Å²) in [6, 6.07) is 12.6. The predicted octanol–water partition coefficient (Wildman–Crippen LogP) is 5.57. The van der Waals surface area contributed by atoms with Gasteiger partial charge in [0.25, 0.3) is 0 Å². The van der Waals surface area contributed by atoms with Crippen molar-refractivity contribution in [1.29, 1.82) is 0 Å². The van der Waals surface area contributed by atoms with Gasteiger partial charge in [-0.1, -0.05) is 38.8 Å². The van der Waals surface area contributed by atoms with Crippen LogP contribution < -0.4 is 15.4 Å². The fourth-order valence-corrected chi connectivity index (χ4v) is 5.98. The molecule has 1 aliphatic rings. The molecule has 0 radical (unpaired) electrons. The molecule has 0 atom stereocenters. The van der Waals surface area contributed by atoms with Crippen molar-refractivity contribution in [1.82, 2.24) is 9.62 Å². The van der Waals surface area contributed by atoms with Crippen molar-refractivity contribution in [2.24, 2.45) is 5.41 Å². The third-order valence-electron chi connectivity index (χ3n) is 6.70. The van der Waals surface area contributed by atoms with Crippen molar-refractivity contribution in [3.05, 3.63) is 53.6 Å². The first-order chi connectivity index (χ1) is 17.5. The standard InChI is InChI=1S/C28H39N3O4S2/c1-21-10-11-22(2)25(20-21)35-19-9-16-28(3,4)26(32)30-27(36)29-23-12-14-24(15-13-23)37(33,34)31-17-7-5-6-8-18-31/h10-15,20H,5-9,16-19H2,1-4H3,(H2,29,30,32,36). The van der Waals surface area contributed by atoms with E-state index in [1.54, 1.807) is 28.6 Å². The highest BCUT2D eigenvalue weighted by Gasteiger charge is 2.28. The molecule has 1 heterocycles. The number of nitrogens with zero attached hydrogens (tertiary/aromatic N) is 1. The topological polar surface area (TPSA) is 87.7 Å². The number of hydrogen-bond acceptors (Lipinski definition) is 5. The van der Waals surface area contributed by atoms with Crippen LogP contribution in [0.2, 0.25) is 0 Å². The predicted molar refractivity (Wildman–Crippen MR) is 152 cm³/mol. The van der Waals surface area contributed by atoms with E-state index >= 15 is 0 Å². The molecular weight excluding hydrogens is 506 g/mol. The average Bonchev–Trinajstić information content (AvgIpc) is 3.14. The highest BCUT2D eigenvalue weighted by molar-refractivity contribution is 7.89. The Bertz CT molecular complexity index is 1190. The van der Waals surface area contributed by atoms with Crippen LogP contribution in [0.25, 0.3) is 0 Å². The lowest BCUT2D eigenvalue weighted by Gasteiger charge is -2.24. The molecule has 1 saturated heterocycles. The first-order valence-corrected chi connectivity index (χ1v) is 14.8. The molecule has 1 aliphatic heterocycles. The molecule has 2 aromatic rings. The first kappa shape index (κ1) is 29.1. The molecule has 1 amide bonds. The molecule has 7 nitrogen and oxygen atoms in total. The molecule has 9 heteroatoms. The summed E-state index contributed by atoms with van der Waals surface area (Å²) in [5.74, 6) is 0.690. The van der Waals surface area contributed by atoms with Crippen LogP contribution >= 0.6 is 12.2 Å². The summed E-state index contributed by atoms with van der Waals surface area (Å²) in [5.41, 5.74) is 2.21. The number of ether oxygens (including phenoxy) is 1. The van der Waals surface area contributed by atoms with Crippen molar-refractivity contribution >= 4 is 38.9 Å². The lowest BCUT2D eigenvalue weighted by Crippen LogP contribution is -2.42. The molecule has 0 saturated carbocycles. The molecule has 202 valence electrons. The Labute approximate surface area is 227 Å². The largest absolute Gasteiger partial charge is 0.493 e. The van der Waals surface area contributed by atoms with Crippen molar-refractivity contribution in [3.8, 4) is 5.75 Å². The third-order valence-corrected chi connectivity index (χ3v) is 8.82. The van der Waals surface area contributed by atoms with Gasteiger partial charge in [-0.15, -0.1) is 0 Å². The van der Waals surface area contributed by atoms with Crippen LogP contribution in [0.5, 0.6) is 5.75 Å². The number of carbonyl (C=O) groups excluding carboxylic acids is 1. The van der Waals surface area contributed by atoms with Gasteiger partial charge in [0.05, 0.1) is 11.5 Å². The van der Waals surface area contributed by atoms with Gasteiger partial charge >= 0.3 is 0 Å². The molecule has 3 rings (SSSR count). The van der Waals surface area contributed by atoms with Crippen LogP contribution in [-0.2, 0) is 14.8 Å². The minimum Gasteiger partial charge on any atom is -0.493 e. The van der Waals surface area contributed by atoms with E-state index in [2.05, 4.69) is 16.7 Å². The number of amides is 1. The highest BCUT2D eigenvalue weighted by Crippen LogP contribution is 2.25. The van der Waals surface area contributed by atoms with Gasteiger partial charge in [0.2, 0.25) is 15.9 Å². The maximum Gasteiger partial charge on any atom is 0.243 e. The van der Waals surface area contributed by atoms with Crippen LogP contribution in [0.3, 0.4) is 0 Å². The Morgan fingerprint density at radius 3 is 2.32 bits per heavy atom. The third kappa shape index (κ3) is 8.25. The molecule has 0 aliphatic carbocycles. The Balaban J connectivity index is 1.48. The molecule has 0 aromatic heterocycles. The Hall–Kier alpha value is -2.49. The van der Waals surface area contributed by atoms with Crippen LogP contribution in [0.15, 0.2) is 47.4 Å². The number of hydrogen-bond donors (Lipinski definition) is 2. The Morgan fingerprint density at radius 2 is 1.68 bits per heavy atom. The lowest BCUT2D eigenvalue weighted by molar-refractivity contribution is -0.128. The number of benzene rings is 2. The number of thiocarbonyl (C=S) groups is 1. The Morgan fingerprint density at radius 1 is 1.03 bits per heavy atom. The summed E-state index contributed by atoms with van der Waals surface area (Å²) in [6.07, 6.45) is 5.27. The zero-order valence-electron chi connectivity index (χ0n) is 22.3. The highest BCUT2D eigenvalue weighted by atomic mass is 32.2. The van der Waals surface area contributed by atoms with E-state index in [-0.39, 0.29) is 15.9 Å². The van der Waals surface area contributed by atoms with E-state index < -0.39 is 15.4 Å². The maximum absolute atomic E-state index is 13.0. The summed E-state index contributed by atoms with van der Waals surface area (Å²) < 4.78 is 33.4. The van der Waals surface area contributed by atoms with Gasteiger partial charge in [0.1, 0.15) is 5.75 Å². The Kier molecular flexibility index (Phi) is 10.1. The summed E-state index contributed by atoms with van der Waals surface area (Å²) in [7, 11) is -3.51. The van der Waals surface area contributed by atoms with Gasteiger partial charge < -0.3 is 15.4 Å². The molecular formula is C28H39N3O4S2. The van der Waals surface area contributed by atoms with Gasteiger partial charge in [-0.2, -0.15) is 4.31 Å². The molecule has 0 spiro atoms. The van der Waals surface area contributed by atoms with Crippen LogP contribution in [0.4, 0.5) is 5.69 Å². The number of aryl methyl sites for hydroxylation is 2. The zero-order valence-corrected chi connectivity index (χ0v) is 23.9. The molecule has 0 bridgehead atoms. The van der Waals surface area contributed by atoms with Crippen LogP contribution in [-0.4, -0.2) is 43.4 Å². The molecule has 0 unspecified atom stereocenters. The second-order valence-corrected chi connectivity index (χ2v) is 12.7. The smallest absolute Gasteiger partial charge is 0.243 e. The lowest BCUT2D eigenvalue weighted by atomic mass is 9.87. The van der Waals surface area contributed by atoms with Gasteiger partial charge in [-0.25, -0.2) is 8.42 Å². The second kappa shape index (κ2) is 12.8. The number of nitrogens with one attached hydrogen (secondary N) is 2. The van der Waals surface area contributed by atoms with Crippen LogP contribution in [0.1, 0.15) is 63.5 Å². The second-order valence-electron chi connectivity index (χ2n) is 10.4. The summed E-state index contributed by atoms with van der Waals surface area (Å²) in [4.78, 5) is 13.1. The van der Waals surface area contributed by atoms with Crippen molar-refractivity contribution in [2.75, 3.05) is 25.0 Å². The van der Waals surface area contributed by atoms with Gasteiger partial charge in [0, 0.05) is 24.2 Å². The molecule has 37 heavy (non-hydrogen) atoms. The SMILES string of the molecule is Cc1ccc(C)c(OCCCC(C)(C)C(=O)NC(=S)Nc2ccc(S(=O)(=O)N3CCCCCC3)cc2)c1. The monoisotopic (exact) mass is 545 g/mol. The first-order valence-electron chi connectivity index (χ1n) is 12.9. The molecule has 2 N–H and O–H groups in total. The number of carbonyl (C=O) groups is 1. The maximum atomic E-state index is 13.0. The fourth-order valence-electron chi connectivity index (χ4n) is 4.25. The van der Waals surface area contributed by atoms with E-state index in [9.17, 15) is 13.2 Å². The number of rotatable bonds is 9. The summed E-state index contributed by atoms with van der Waals surface area (Å²) in [5, 5.41) is 5.92. The number of anilines is 1. The molecule has 1 fully saturated rings. The van der Waals surface area contributed by atoms with Gasteiger partial charge in [0.15, 0.2) is 5.11 Å².